The molecular formula is C41H25NO2. The fourth-order valence-corrected chi connectivity index (χ4v) is 7.64. The number of anilines is 2. The Balaban J connectivity index is 1.15. The topological polar surface area (TPSA) is 34.4 Å². The minimum absolute atomic E-state index is 0.485. The molecular weight excluding hydrogens is 538 g/mol. The van der Waals surface area contributed by atoms with Crippen molar-refractivity contribution in [2.24, 2.45) is 0 Å². The molecule has 44 heavy (non-hydrogen) atoms. The second kappa shape index (κ2) is 8.62. The molecule has 206 valence electrons. The van der Waals surface area contributed by atoms with E-state index in [1.54, 1.807) is 0 Å². The zero-order chi connectivity index (χ0) is 28.8. The van der Waals surface area contributed by atoms with E-state index in [1.807, 2.05) is 0 Å². The standard InChI is InChI=1S/C41H25NO2/c1-2-10-26-22-40-31(21-25(26)9-1)32-23-27(17-19-37(32)43-40)42-28-18-20-39-36(24-28)41(35-15-7-8-16-38(35)44-39)33-13-5-3-11-29(33)30-12-4-6-14-34(30)41/h1-24,42H. The maximum Gasteiger partial charge on any atom is 0.136 e. The summed E-state index contributed by atoms with van der Waals surface area (Å²) in [4.78, 5) is 0. The van der Waals surface area contributed by atoms with Gasteiger partial charge in [-0.1, -0.05) is 91.0 Å². The van der Waals surface area contributed by atoms with Gasteiger partial charge in [-0.05, 0) is 87.6 Å². The number of ether oxygens (including phenoxy) is 1. The van der Waals surface area contributed by atoms with Gasteiger partial charge in [0.1, 0.15) is 22.7 Å². The quantitative estimate of drug-likeness (QED) is 0.227. The minimum Gasteiger partial charge on any atom is -0.457 e. The van der Waals surface area contributed by atoms with Gasteiger partial charge in [0.2, 0.25) is 0 Å². The second-order valence-corrected chi connectivity index (χ2v) is 11.8. The zero-order valence-corrected chi connectivity index (χ0v) is 23.7. The van der Waals surface area contributed by atoms with Gasteiger partial charge < -0.3 is 14.5 Å². The van der Waals surface area contributed by atoms with E-state index < -0.39 is 5.41 Å². The Kier molecular flexibility index (Phi) is 4.65. The maximum absolute atomic E-state index is 6.59. The lowest BCUT2D eigenvalue weighted by Crippen LogP contribution is -2.32. The second-order valence-electron chi connectivity index (χ2n) is 11.8. The number of rotatable bonds is 2. The Morgan fingerprint density at radius 3 is 1.82 bits per heavy atom. The van der Waals surface area contributed by atoms with Crippen molar-refractivity contribution in [3.05, 3.63) is 168 Å². The maximum atomic E-state index is 6.59. The van der Waals surface area contributed by atoms with Crippen molar-refractivity contribution in [3.8, 4) is 22.6 Å². The molecule has 0 atom stereocenters. The van der Waals surface area contributed by atoms with Gasteiger partial charge in [-0.25, -0.2) is 0 Å². The average Bonchev–Trinajstić information content (AvgIpc) is 3.57. The summed E-state index contributed by atoms with van der Waals surface area (Å²) in [5, 5.41) is 8.33. The molecule has 1 aliphatic heterocycles. The summed E-state index contributed by atoms with van der Waals surface area (Å²) >= 11 is 0. The summed E-state index contributed by atoms with van der Waals surface area (Å²) in [7, 11) is 0. The molecule has 2 heterocycles. The highest BCUT2D eigenvalue weighted by atomic mass is 16.5. The molecule has 0 radical (unpaired) electrons. The highest BCUT2D eigenvalue weighted by Crippen LogP contribution is 2.62. The average molecular weight is 564 g/mol. The molecule has 0 bridgehead atoms. The molecule has 0 unspecified atom stereocenters. The van der Waals surface area contributed by atoms with Crippen LogP contribution in [0.4, 0.5) is 11.4 Å². The third-order valence-corrected chi connectivity index (χ3v) is 9.47. The van der Waals surface area contributed by atoms with Crippen LogP contribution in [0.2, 0.25) is 0 Å². The molecule has 0 fully saturated rings. The van der Waals surface area contributed by atoms with Crippen LogP contribution >= 0.6 is 0 Å². The van der Waals surface area contributed by atoms with Crippen LogP contribution in [-0.2, 0) is 5.41 Å². The fraction of sp³-hybridized carbons (Fsp3) is 0.0244. The summed E-state index contributed by atoms with van der Waals surface area (Å²) in [6.45, 7) is 0. The molecule has 1 aromatic heterocycles. The van der Waals surface area contributed by atoms with Gasteiger partial charge >= 0.3 is 0 Å². The van der Waals surface area contributed by atoms with Crippen molar-refractivity contribution >= 4 is 44.1 Å². The molecule has 2 aliphatic rings. The van der Waals surface area contributed by atoms with Crippen molar-refractivity contribution in [1.29, 1.82) is 0 Å². The highest BCUT2D eigenvalue weighted by molar-refractivity contribution is 6.11. The van der Waals surface area contributed by atoms with Crippen LogP contribution in [0.25, 0.3) is 43.8 Å². The number of hydrogen-bond acceptors (Lipinski definition) is 3. The number of hydrogen-bond donors (Lipinski definition) is 1. The third-order valence-electron chi connectivity index (χ3n) is 9.47. The minimum atomic E-state index is -0.485. The summed E-state index contributed by atoms with van der Waals surface area (Å²) < 4.78 is 12.8. The number of para-hydroxylation sites is 1. The van der Waals surface area contributed by atoms with Crippen LogP contribution in [0.5, 0.6) is 11.5 Å². The molecule has 10 rings (SSSR count). The van der Waals surface area contributed by atoms with Gasteiger partial charge in [-0.2, -0.15) is 0 Å². The summed E-state index contributed by atoms with van der Waals surface area (Å²) in [6, 6.07) is 51.7. The monoisotopic (exact) mass is 563 g/mol. The van der Waals surface area contributed by atoms with Gasteiger partial charge in [0.05, 0.1) is 5.41 Å². The lowest BCUT2D eigenvalue weighted by molar-refractivity contribution is 0.436. The van der Waals surface area contributed by atoms with Crippen molar-refractivity contribution in [3.63, 3.8) is 0 Å². The first-order chi connectivity index (χ1) is 21.8. The lowest BCUT2D eigenvalue weighted by atomic mass is 9.66. The van der Waals surface area contributed by atoms with E-state index in [0.717, 1.165) is 50.4 Å². The molecule has 1 N–H and O–H groups in total. The predicted molar refractivity (Wildman–Crippen MR) is 178 cm³/mol. The van der Waals surface area contributed by atoms with Gasteiger partial charge in [0.15, 0.2) is 0 Å². The molecule has 3 nitrogen and oxygen atoms in total. The largest absolute Gasteiger partial charge is 0.457 e. The van der Waals surface area contributed by atoms with Crippen LogP contribution in [-0.4, -0.2) is 0 Å². The van der Waals surface area contributed by atoms with Crippen molar-refractivity contribution in [2.45, 2.75) is 5.41 Å². The molecule has 1 aliphatic carbocycles. The summed E-state index contributed by atoms with van der Waals surface area (Å²) in [5.74, 6) is 1.78. The molecule has 7 aromatic carbocycles. The van der Waals surface area contributed by atoms with E-state index in [1.165, 1.54) is 38.6 Å². The number of fused-ring (bicyclic) bond motifs is 13. The van der Waals surface area contributed by atoms with Crippen LogP contribution in [0.3, 0.4) is 0 Å². The Hall–Kier alpha value is -5.80. The summed E-state index contributed by atoms with van der Waals surface area (Å²) in [6.07, 6.45) is 0. The fourth-order valence-electron chi connectivity index (χ4n) is 7.64. The number of nitrogens with one attached hydrogen (secondary N) is 1. The Bertz CT molecular complexity index is 2420. The summed E-state index contributed by atoms with van der Waals surface area (Å²) in [5.41, 5.74) is 10.7. The molecule has 3 heteroatoms. The van der Waals surface area contributed by atoms with Gasteiger partial charge in [0.25, 0.3) is 0 Å². The SMILES string of the molecule is c1ccc2c(c1)Oc1ccc(Nc3ccc4oc5cc6ccccc6cc5c4c3)cc1C21c2ccccc2-c2ccccc21. The Morgan fingerprint density at radius 1 is 0.432 bits per heavy atom. The van der Waals surface area contributed by atoms with E-state index in [-0.39, 0.29) is 0 Å². The Morgan fingerprint density at radius 2 is 1.02 bits per heavy atom. The van der Waals surface area contributed by atoms with E-state index in [2.05, 4.69) is 151 Å². The first-order valence-electron chi connectivity index (χ1n) is 15.0. The van der Waals surface area contributed by atoms with Gasteiger partial charge in [-0.3, -0.25) is 0 Å². The van der Waals surface area contributed by atoms with Crippen LogP contribution in [0, 0.1) is 0 Å². The molecule has 0 saturated carbocycles. The molecule has 1 spiro atoms. The Labute approximate surface area is 254 Å². The van der Waals surface area contributed by atoms with E-state index in [0.29, 0.717) is 0 Å². The molecule has 0 saturated heterocycles. The van der Waals surface area contributed by atoms with Crippen molar-refractivity contribution < 1.29 is 9.15 Å². The van der Waals surface area contributed by atoms with Gasteiger partial charge in [-0.15, -0.1) is 0 Å². The van der Waals surface area contributed by atoms with Crippen molar-refractivity contribution in [1.82, 2.24) is 0 Å². The third kappa shape index (κ3) is 3.10. The van der Waals surface area contributed by atoms with E-state index in [4.69, 9.17) is 9.15 Å². The normalized spacial score (nSPS) is 13.8. The van der Waals surface area contributed by atoms with Gasteiger partial charge in [0, 0.05) is 33.3 Å². The van der Waals surface area contributed by atoms with Crippen molar-refractivity contribution in [2.75, 3.05) is 5.32 Å². The molecule has 0 amide bonds. The van der Waals surface area contributed by atoms with Crippen LogP contribution in [0.1, 0.15) is 22.3 Å². The zero-order valence-electron chi connectivity index (χ0n) is 23.7. The first kappa shape index (κ1) is 23.7. The predicted octanol–water partition coefficient (Wildman–Crippen LogP) is 11.0. The smallest absolute Gasteiger partial charge is 0.136 e. The molecule has 8 aromatic rings. The lowest BCUT2D eigenvalue weighted by Gasteiger charge is -2.39. The van der Waals surface area contributed by atoms with Crippen LogP contribution < -0.4 is 10.1 Å². The van der Waals surface area contributed by atoms with Crippen LogP contribution in [0.15, 0.2) is 150 Å². The van der Waals surface area contributed by atoms with E-state index in [9.17, 15) is 0 Å². The number of furan rings is 1. The highest BCUT2D eigenvalue weighted by Gasteiger charge is 2.50. The first-order valence-corrected chi connectivity index (χ1v) is 15.0. The van der Waals surface area contributed by atoms with E-state index >= 15 is 0 Å². The number of benzene rings is 7.